The minimum Gasteiger partial charge on any atom is -0.507 e. The van der Waals surface area contributed by atoms with Gasteiger partial charge in [0.1, 0.15) is 5.75 Å². The molecule has 0 amide bonds. The molecule has 0 radical (unpaired) electrons. The molecule has 4 nitrogen and oxygen atoms in total. The Balaban J connectivity index is 2.13. The summed E-state index contributed by atoms with van der Waals surface area (Å²) in [7, 11) is 0. The number of imidazole rings is 1. The van der Waals surface area contributed by atoms with E-state index in [4.69, 9.17) is 11.6 Å². The van der Waals surface area contributed by atoms with Crippen molar-refractivity contribution in [2.75, 3.05) is 0 Å². The number of halogens is 1. The standard InChI is InChI=1S/C17H16ClN3O/c1-3-21-15-7-5-4-6-14(15)20-17(21)19-11(2)13-10-12(18)8-9-16(13)22/h4-10,22H,3H2,1-2H3/b19-11-. The molecule has 0 fully saturated rings. The van der Waals surface area contributed by atoms with Gasteiger partial charge in [-0.3, -0.25) is 0 Å². The molecule has 0 atom stereocenters. The molecular formula is C17H16ClN3O. The summed E-state index contributed by atoms with van der Waals surface area (Å²) in [5.74, 6) is 0.783. The first-order valence-electron chi connectivity index (χ1n) is 7.09. The summed E-state index contributed by atoms with van der Waals surface area (Å²) in [5, 5.41) is 10.5. The number of phenols is 1. The number of aliphatic imine (C=N–C) groups is 1. The second-order valence-electron chi connectivity index (χ2n) is 5.00. The van der Waals surface area contributed by atoms with E-state index in [9.17, 15) is 5.11 Å². The van der Waals surface area contributed by atoms with Crippen LogP contribution in [-0.2, 0) is 6.54 Å². The van der Waals surface area contributed by atoms with Crippen LogP contribution in [-0.4, -0.2) is 20.4 Å². The molecule has 112 valence electrons. The predicted molar refractivity (Wildman–Crippen MR) is 90.4 cm³/mol. The van der Waals surface area contributed by atoms with Gasteiger partial charge in [0.15, 0.2) is 0 Å². The normalized spacial score (nSPS) is 12.0. The summed E-state index contributed by atoms with van der Waals surface area (Å²) in [6.45, 7) is 4.66. The Kier molecular flexibility index (Phi) is 3.86. The van der Waals surface area contributed by atoms with Crippen molar-refractivity contribution in [2.45, 2.75) is 20.4 Å². The third-order valence-corrected chi connectivity index (χ3v) is 3.80. The van der Waals surface area contributed by atoms with E-state index in [1.165, 1.54) is 0 Å². The zero-order chi connectivity index (χ0) is 15.7. The fourth-order valence-corrected chi connectivity index (χ4v) is 2.64. The molecule has 5 heteroatoms. The lowest BCUT2D eigenvalue weighted by Gasteiger charge is -2.06. The van der Waals surface area contributed by atoms with Crippen LogP contribution in [0.4, 0.5) is 5.95 Å². The minimum absolute atomic E-state index is 0.157. The summed E-state index contributed by atoms with van der Waals surface area (Å²) in [6.07, 6.45) is 0. The van der Waals surface area contributed by atoms with Crippen LogP contribution in [0, 0.1) is 0 Å². The molecular weight excluding hydrogens is 298 g/mol. The summed E-state index contributed by atoms with van der Waals surface area (Å²) >= 11 is 6.00. The molecule has 22 heavy (non-hydrogen) atoms. The van der Waals surface area contributed by atoms with Crippen LogP contribution < -0.4 is 0 Å². The number of nitrogens with zero attached hydrogens (tertiary/aromatic N) is 3. The summed E-state index contributed by atoms with van der Waals surface area (Å²) in [4.78, 5) is 9.15. The van der Waals surface area contributed by atoms with E-state index >= 15 is 0 Å². The van der Waals surface area contributed by atoms with Gasteiger partial charge in [-0.2, -0.15) is 0 Å². The zero-order valence-electron chi connectivity index (χ0n) is 12.4. The first kappa shape index (κ1) is 14.6. The Morgan fingerprint density at radius 3 is 2.82 bits per heavy atom. The molecule has 0 spiro atoms. The first-order valence-corrected chi connectivity index (χ1v) is 7.47. The third kappa shape index (κ3) is 2.57. The Bertz CT molecular complexity index is 867. The van der Waals surface area contributed by atoms with E-state index in [1.54, 1.807) is 18.2 Å². The van der Waals surface area contributed by atoms with Crippen molar-refractivity contribution in [3.63, 3.8) is 0 Å². The van der Waals surface area contributed by atoms with E-state index < -0.39 is 0 Å². The van der Waals surface area contributed by atoms with Gasteiger partial charge >= 0.3 is 0 Å². The van der Waals surface area contributed by atoms with E-state index in [2.05, 4.69) is 16.9 Å². The van der Waals surface area contributed by atoms with E-state index in [-0.39, 0.29) is 5.75 Å². The van der Waals surface area contributed by atoms with Gasteiger partial charge in [0.05, 0.1) is 16.7 Å². The molecule has 1 N–H and O–H groups in total. The van der Waals surface area contributed by atoms with E-state index in [0.717, 1.165) is 17.6 Å². The first-order chi connectivity index (χ1) is 10.6. The SMILES string of the molecule is CCn1c(/N=C(/C)c2cc(Cl)ccc2O)nc2ccccc21. The lowest BCUT2D eigenvalue weighted by atomic mass is 10.1. The van der Waals surface area contributed by atoms with Crippen LogP contribution in [0.15, 0.2) is 47.5 Å². The maximum absolute atomic E-state index is 9.98. The van der Waals surface area contributed by atoms with Gasteiger partial charge in [0, 0.05) is 17.1 Å². The molecule has 3 rings (SSSR count). The number of benzene rings is 2. The van der Waals surface area contributed by atoms with Crippen molar-refractivity contribution >= 4 is 34.3 Å². The third-order valence-electron chi connectivity index (χ3n) is 3.57. The van der Waals surface area contributed by atoms with Gasteiger partial charge in [-0.1, -0.05) is 23.7 Å². The molecule has 0 aliphatic rings. The highest BCUT2D eigenvalue weighted by Gasteiger charge is 2.11. The van der Waals surface area contributed by atoms with Crippen LogP contribution in [0.1, 0.15) is 19.4 Å². The number of hydrogen-bond acceptors (Lipinski definition) is 3. The van der Waals surface area contributed by atoms with Crippen molar-refractivity contribution < 1.29 is 5.11 Å². The van der Waals surface area contributed by atoms with Gasteiger partial charge < -0.3 is 9.67 Å². The number of aromatic hydroxyl groups is 1. The number of hydrogen-bond donors (Lipinski definition) is 1. The average Bonchev–Trinajstić information content (AvgIpc) is 2.86. The Hall–Kier alpha value is -2.33. The number of rotatable bonds is 3. The average molecular weight is 314 g/mol. The summed E-state index contributed by atoms with van der Waals surface area (Å²) < 4.78 is 2.04. The number of aryl methyl sites for hydroxylation is 1. The van der Waals surface area contributed by atoms with Gasteiger partial charge in [-0.05, 0) is 44.2 Å². The fraction of sp³-hybridized carbons (Fsp3) is 0.176. The molecule has 1 heterocycles. The number of para-hydroxylation sites is 2. The molecule has 0 aliphatic carbocycles. The maximum atomic E-state index is 9.98. The van der Waals surface area contributed by atoms with Crippen LogP contribution in [0.2, 0.25) is 5.02 Å². The van der Waals surface area contributed by atoms with Gasteiger partial charge in [0.25, 0.3) is 0 Å². The van der Waals surface area contributed by atoms with Crippen LogP contribution in [0.25, 0.3) is 11.0 Å². The Morgan fingerprint density at radius 1 is 1.27 bits per heavy atom. The second-order valence-corrected chi connectivity index (χ2v) is 5.44. The zero-order valence-corrected chi connectivity index (χ0v) is 13.2. The highest BCUT2D eigenvalue weighted by molar-refractivity contribution is 6.31. The molecule has 2 aromatic carbocycles. The maximum Gasteiger partial charge on any atom is 0.230 e. The quantitative estimate of drug-likeness (QED) is 0.721. The molecule has 0 bridgehead atoms. The molecule has 1 aromatic heterocycles. The lowest BCUT2D eigenvalue weighted by molar-refractivity contribution is 0.474. The van der Waals surface area contributed by atoms with Gasteiger partial charge in [0.2, 0.25) is 5.95 Å². The largest absolute Gasteiger partial charge is 0.507 e. The molecule has 0 aliphatic heterocycles. The van der Waals surface area contributed by atoms with Crippen molar-refractivity contribution in [1.29, 1.82) is 0 Å². The van der Waals surface area contributed by atoms with E-state index in [0.29, 0.717) is 22.2 Å². The monoisotopic (exact) mass is 313 g/mol. The predicted octanol–water partition coefficient (Wildman–Crippen LogP) is 4.56. The smallest absolute Gasteiger partial charge is 0.230 e. The van der Waals surface area contributed by atoms with Gasteiger partial charge in [-0.15, -0.1) is 0 Å². The van der Waals surface area contributed by atoms with Crippen molar-refractivity contribution in [2.24, 2.45) is 4.99 Å². The van der Waals surface area contributed by atoms with Gasteiger partial charge in [-0.25, -0.2) is 9.98 Å². The summed E-state index contributed by atoms with van der Waals surface area (Å²) in [5.41, 5.74) is 3.24. The van der Waals surface area contributed by atoms with E-state index in [1.807, 2.05) is 35.8 Å². The molecule has 0 saturated heterocycles. The van der Waals surface area contributed by atoms with Crippen LogP contribution >= 0.6 is 11.6 Å². The highest BCUT2D eigenvalue weighted by Crippen LogP contribution is 2.26. The highest BCUT2D eigenvalue weighted by atomic mass is 35.5. The van der Waals surface area contributed by atoms with Crippen molar-refractivity contribution in [3.8, 4) is 5.75 Å². The molecule has 3 aromatic rings. The number of aromatic nitrogens is 2. The topological polar surface area (TPSA) is 50.4 Å². The van der Waals surface area contributed by atoms with Crippen molar-refractivity contribution in [3.05, 3.63) is 53.1 Å². The Morgan fingerprint density at radius 2 is 2.05 bits per heavy atom. The summed E-state index contributed by atoms with van der Waals surface area (Å²) in [6, 6.07) is 12.9. The second kappa shape index (κ2) is 5.81. The molecule has 0 unspecified atom stereocenters. The number of fused-ring (bicyclic) bond motifs is 1. The van der Waals surface area contributed by atoms with Crippen LogP contribution in [0.5, 0.6) is 5.75 Å². The minimum atomic E-state index is 0.157. The molecule has 0 saturated carbocycles. The van der Waals surface area contributed by atoms with Crippen LogP contribution in [0.3, 0.4) is 0 Å². The van der Waals surface area contributed by atoms with Crippen molar-refractivity contribution in [1.82, 2.24) is 9.55 Å². The lowest BCUT2D eigenvalue weighted by Crippen LogP contribution is -1.98. The number of phenolic OH excluding ortho intramolecular Hbond substituents is 1. The Labute approximate surface area is 133 Å². The fourth-order valence-electron chi connectivity index (χ4n) is 2.47.